The van der Waals surface area contributed by atoms with Crippen molar-refractivity contribution in [3.05, 3.63) is 54.5 Å². The Hall–Kier alpha value is -3.22. The second-order valence-corrected chi connectivity index (χ2v) is 6.77. The maximum Gasteiger partial charge on any atom is 0.331 e. The van der Waals surface area contributed by atoms with Gasteiger partial charge < -0.3 is 9.64 Å². The van der Waals surface area contributed by atoms with E-state index in [1.807, 2.05) is 63.1 Å². The van der Waals surface area contributed by atoms with Crippen LogP contribution in [0.1, 0.15) is 26.3 Å². The molecule has 0 unspecified atom stereocenters. The molecule has 0 atom stereocenters. The molecule has 3 rings (SSSR count). The lowest BCUT2D eigenvalue weighted by atomic mass is 10.2. The second kappa shape index (κ2) is 6.95. The van der Waals surface area contributed by atoms with E-state index in [4.69, 9.17) is 4.74 Å². The molecule has 0 amide bonds. The van der Waals surface area contributed by atoms with E-state index in [0.29, 0.717) is 17.2 Å². The summed E-state index contributed by atoms with van der Waals surface area (Å²) in [5.41, 5.74) is 1.77. The number of aromatic nitrogens is 4. The Balaban J connectivity index is 1.91. The van der Waals surface area contributed by atoms with Crippen molar-refractivity contribution >= 4 is 29.3 Å². The first kappa shape index (κ1) is 17.6. The molecule has 26 heavy (non-hydrogen) atoms. The zero-order chi connectivity index (χ0) is 18.7. The molecule has 0 aliphatic rings. The highest BCUT2D eigenvalue weighted by Crippen LogP contribution is 2.22. The lowest BCUT2D eigenvalue weighted by molar-refractivity contribution is -0.148. The van der Waals surface area contributed by atoms with Gasteiger partial charge in [-0.15, -0.1) is 0 Å². The Morgan fingerprint density at radius 1 is 1.19 bits per heavy atom. The Labute approximate surface area is 151 Å². The number of esters is 1. The quantitative estimate of drug-likeness (QED) is 0.531. The van der Waals surface area contributed by atoms with Crippen molar-refractivity contribution in [3.8, 4) is 0 Å². The van der Waals surface area contributed by atoms with Crippen molar-refractivity contribution in [3.63, 3.8) is 0 Å². The number of carbonyl (C=O) groups is 1. The van der Waals surface area contributed by atoms with Crippen LogP contribution in [-0.4, -0.2) is 38.2 Å². The highest BCUT2D eigenvalue weighted by atomic mass is 16.6. The zero-order valence-electron chi connectivity index (χ0n) is 15.2. The van der Waals surface area contributed by atoms with Gasteiger partial charge in [-0.25, -0.2) is 14.8 Å². The molecule has 0 radical (unpaired) electrons. The van der Waals surface area contributed by atoms with Crippen molar-refractivity contribution in [2.24, 2.45) is 0 Å². The minimum absolute atomic E-state index is 0.410. The molecule has 0 saturated carbocycles. The van der Waals surface area contributed by atoms with E-state index in [-0.39, 0.29) is 0 Å². The number of carbonyl (C=O) groups excluding carboxylic acids is 1. The van der Waals surface area contributed by atoms with Crippen LogP contribution in [0, 0.1) is 0 Å². The fraction of sp³-hybridized carbons (Fsp3) is 0.263. The van der Waals surface area contributed by atoms with E-state index in [2.05, 4.69) is 15.1 Å². The second-order valence-electron chi connectivity index (χ2n) is 6.77. The number of fused-ring (bicyclic) bond motifs is 1. The van der Waals surface area contributed by atoms with Gasteiger partial charge in [0.05, 0.1) is 6.20 Å². The van der Waals surface area contributed by atoms with Gasteiger partial charge in [0, 0.05) is 24.4 Å². The first-order valence-electron chi connectivity index (χ1n) is 8.24. The van der Waals surface area contributed by atoms with E-state index < -0.39 is 11.6 Å². The van der Waals surface area contributed by atoms with Gasteiger partial charge in [-0.2, -0.15) is 9.61 Å². The number of nitrogens with zero attached hydrogens (tertiary/aromatic N) is 5. The summed E-state index contributed by atoms with van der Waals surface area (Å²) in [5.74, 6) is 0.214. The highest BCUT2D eigenvalue weighted by Gasteiger charge is 2.15. The number of ether oxygens (including phenoxy) is 1. The fourth-order valence-corrected chi connectivity index (χ4v) is 2.43. The van der Waals surface area contributed by atoms with Gasteiger partial charge in [-0.3, -0.25) is 0 Å². The van der Waals surface area contributed by atoms with Crippen LogP contribution in [0.2, 0.25) is 0 Å². The first-order chi connectivity index (χ1) is 12.3. The maximum absolute atomic E-state index is 11.9. The van der Waals surface area contributed by atoms with Crippen LogP contribution in [0.3, 0.4) is 0 Å². The number of para-hydroxylation sites is 1. The van der Waals surface area contributed by atoms with Gasteiger partial charge in [0.2, 0.25) is 5.95 Å². The molecule has 0 spiro atoms. The monoisotopic (exact) mass is 351 g/mol. The van der Waals surface area contributed by atoms with E-state index in [9.17, 15) is 4.79 Å². The maximum atomic E-state index is 11.9. The molecule has 0 N–H and O–H groups in total. The molecule has 7 nitrogen and oxygen atoms in total. The minimum Gasteiger partial charge on any atom is -0.457 e. The summed E-state index contributed by atoms with van der Waals surface area (Å²) in [6.45, 7) is 5.48. The van der Waals surface area contributed by atoms with Crippen LogP contribution in [0.15, 0.2) is 48.9 Å². The molecule has 0 fully saturated rings. The summed E-state index contributed by atoms with van der Waals surface area (Å²) in [5, 5.41) is 4.36. The Bertz CT molecular complexity index is 941. The van der Waals surface area contributed by atoms with Crippen LogP contribution < -0.4 is 4.90 Å². The molecule has 2 aromatic heterocycles. The van der Waals surface area contributed by atoms with Gasteiger partial charge in [-0.05, 0) is 39.0 Å². The smallest absolute Gasteiger partial charge is 0.331 e. The molecule has 3 aromatic rings. The van der Waals surface area contributed by atoms with Crippen LogP contribution in [0.5, 0.6) is 0 Å². The van der Waals surface area contributed by atoms with Crippen molar-refractivity contribution < 1.29 is 9.53 Å². The number of rotatable bonds is 4. The molecule has 134 valence electrons. The van der Waals surface area contributed by atoms with E-state index in [0.717, 1.165) is 5.69 Å². The molecule has 1 aromatic carbocycles. The highest BCUT2D eigenvalue weighted by molar-refractivity contribution is 5.88. The van der Waals surface area contributed by atoms with Gasteiger partial charge >= 0.3 is 5.97 Å². The largest absolute Gasteiger partial charge is 0.457 e. The van der Waals surface area contributed by atoms with Crippen LogP contribution in [0.4, 0.5) is 11.6 Å². The molecule has 0 aliphatic carbocycles. The van der Waals surface area contributed by atoms with E-state index in [1.54, 1.807) is 16.8 Å². The SMILES string of the molecule is CN(c1ccccc1)c1ncnc2c(C=CC(=O)OC(C)(C)C)cnn12. The van der Waals surface area contributed by atoms with E-state index >= 15 is 0 Å². The number of anilines is 2. The first-order valence-corrected chi connectivity index (χ1v) is 8.24. The van der Waals surface area contributed by atoms with Gasteiger partial charge in [-0.1, -0.05) is 18.2 Å². The third kappa shape index (κ3) is 3.88. The normalized spacial score (nSPS) is 11.8. The van der Waals surface area contributed by atoms with Crippen LogP contribution >= 0.6 is 0 Å². The lowest BCUT2D eigenvalue weighted by Gasteiger charge is -2.18. The molecular weight excluding hydrogens is 330 g/mol. The molecule has 0 bridgehead atoms. The summed E-state index contributed by atoms with van der Waals surface area (Å²) in [6.07, 6.45) is 6.16. The van der Waals surface area contributed by atoms with E-state index in [1.165, 1.54) is 12.4 Å². The third-order valence-electron chi connectivity index (χ3n) is 3.56. The predicted octanol–water partition coefficient (Wildman–Crippen LogP) is 3.25. The molecule has 0 saturated heterocycles. The summed E-state index contributed by atoms with van der Waals surface area (Å²) < 4.78 is 6.91. The minimum atomic E-state index is -0.532. The summed E-state index contributed by atoms with van der Waals surface area (Å²) in [4.78, 5) is 22.4. The number of hydrogen-bond donors (Lipinski definition) is 0. The van der Waals surface area contributed by atoms with Crippen molar-refractivity contribution in [1.82, 2.24) is 19.6 Å². The van der Waals surface area contributed by atoms with Gasteiger partial charge in [0.15, 0.2) is 5.65 Å². The number of hydrogen-bond acceptors (Lipinski definition) is 6. The molecular formula is C19H21N5O2. The standard InChI is InChI=1S/C19H21N5O2/c1-19(2,3)26-16(25)11-10-14-12-22-24-17(14)20-13-21-18(24)23(4)15-8-6-5-7-9-15/h5-13H,1-4H3. The van der Waals surface area contributed by atoms with Crippen LogP contribution in [0.25, 0.3) is 11.7 Å². The average Bonchev–Trinajstić information content (AvgIpc) is 3.02. The Kier molecular flexibility index (Phi) is 4.71. The summed E-state index contributed by atoms with van der Waals surface area (Å²) in [7, 11) is 1.91. The summed E-state index contributed by atoms with van der Waals surface area (Å²) >= 11 is 0. The Morgan fingerprint density at radius 2 is 1.92 bits per heavy atom. The Morgan fingerprint density at radius 3 is 2.62 bits per heavy atom. The number of benzene rings is 1. The van der Waals surface area contributed by atoms with Crippen molar-refractivity contribution in [2.45, 2.75) is 26.4 Å². The van der Waals surface area contributed by atoms with Crippen LogP contribution in [-0.2, 0) is 9.53 Å². The van der Waals surface area contributed by atoms with Gasteiger partial charge in [0.25, 0.3) is 0 Å². The molecule has 2 heterocycles. The van der Waals surface area contributed by atoms with Gasteiger partial charge in [0.1, 0.15) is 11.9 Å². The molecule has 0 aliphatic heterocycles. The van der Waals surface area contributed by atoms with Crippen molar-refractivity contribution in [1.29, 1.82) is 0 Å². The lowest BCUT2D eigenvalue weighted by Crippen LogP contribution is -2.22. The predicted molar refractivity (Wildman–Crippen MR) is 100 cm³/mol. The van der Waals surface area contributed by atoms with Crippen molar-refractivity contribution in [2.75, 3.05) is 11.9 Å². The zero-order valence-corrected chi connectivity index (χ0v) is 15.2. The third-order valence-corrected chi connectivity index (χ3v) is 3.56. The molecule has 7 heteroatoms. The summed E-state index contributed by atoms with van der Waals surface area (Å²) in [6, 6.07) is 9.85. The fourth-order valence-electron chi connectivity index (χ4n) is 2.43. The topological polar surface area (TPSA) is 72.6 Å². The average molecular weight is 351 g/mol.